The SMILES string of the molecule is Cc1ccc(C(=O)COC(=O)/C=C/c2c(Cl)nc3ccccn23)cc1[N+](=O)[O-]. The van der Waals surface area contributed by atoms with Crippen LogP contribution in [0.1, 0.15) is 21.6 Å². The van der Waals surface area contributed by atoms with E-state index in [1.807, 2.05) is 0 Å². The van der Waals surface area contributed by atoms with E-state index in [1.165, 1.54) is 24.3 Å². The number of imidazole rings is 1. The first-order chi connectivity index (χ1) is 13.4. The van der Waals surface area contributed by atoms with Gasteiger partial charge in [-0.25, -0.2) is 9.78 Å². The topological polar surface area (TPSA) is 104 Å². The minimum absolute atomic E-state index is 0.0962. The predicted octanol–water partition coefficient (Wildman–Crippen LogP) is 3.64. The number of Topliss-reactive ketones (excluding diaryl/α,β-unsaturated/α-hetero) is 1. The number of benzene rings is 1. The highest BCUT2D eigenvalue weighted by Gasteiger charge is 2.16. The van der Waals surface area contributed by atoms with Crippen molar-refractivity contribution in [2.45, 2.75) is 6.92 Å². The molecule has 2 heterocycles. The first kappa shape index (κ1) is 19.2. The van der Waals surface area contributed by atoms with Crippen LogP contribution in [0.3, 0.4) is 0 Å². The summed E-state index contributed by atoms with van der Waals surface area (Å²) in [6, 6.07) is 9.45. The average molecular weight is 400 g/mol. The fourth-order valence-corrected chi connectivity index (χ4v) is 2.77. The van der Waals surface area contributed by atoms with E-state index < -0.39 is 23.3 Å². The summed E-state index contributed by atoms with van der Waals surface area (Å²) in [5.74, 6) is -1.30. The molecule has 3 aromatic rings. The van der Waals surface area contributed by atoms with E-state index in [4.69, 9.17) is 16.3 Å². The molecule has 0 N–H and O–H groups in total. The Balaban J connectivity index is 1.66. The van der Waals surface area contributed by atoms with Gasteiger partial charge in [-0.2, -0.15) is 0 Å². The lowest BCUT2D eigenvalue weighted by Gasteiger charge is -2.03. The largest absolute Gasteiger partial charge is 0.454 e. The molecular weight excluding hydrogens is 386 g/mol. The van der Waals surface area contributed by atoms with E-state index in [2.05, 4.69) is 4.98 Å². The van der Waals surface area contributed by atoms with Crippen molar-refractivity contribution in [1.29, 1.82) is 0 Å². The van der Waals surface area contributed by atoms with E-state index in [1.54, 1.807) is 35.7 Å². The number of nitro groups is 1. The molecule has 0 saturated carbocycles. The van der Waals surface area contributed by atoms with Gasteiger partial charge in [-0.1, -0.05) is 29.8 Å². The van der Waals surface area contributed by atoms with Crippen molar-refractivity contribution in [3.63, 3.8) is 0 Å². The molecule has 3 rings (SSSR count). The van der Waals surface area contributed by atoms with Crippen molar-refractivity contribution in [3.8, 4) is 0 Å². The van der Waals surface area contributed by atoms with Crippen molar-refractivity contribution in [2.24, 2.45) is 0 Å². The fourth-order valence-electron chi connectivity index (χ4n) is 2.53. The number of pyridine rings is 1. The number of hydrogen-bond donors (Lipinski definition) is 0. The van der Waals surface area contributed by atoms with Crippen molar-refractivity contribution in [3.05, 3.63) is 80.8 Å². The van der Waals surface area contributed by atoms with Gasteiger partial charge in [0.15, 0.2) is 11.8 Å². The maximum Gasteiger partial charge on any atom is 0.331 e. The molecule has 1 aromatic carbocycles. The number of halogens is 1. The zero-order valence-electron chi connectivity index (χ0n) is 14.7. The maximum absolute atomic E-state index is 12.1. The van der Waals surface area contributed by atoms with Crippen LogP contribution < -0.4 is 0 Å². The van der Waals surface area contributed by atoms with E-state index in [9.17, 15) is 19.7 Å². The van der Waals surface area contributed by atoms with Crippen LogP contribution >= 0.6 is 11.6 Å². The third-order valence-corrected chi connectivity index (χ3v) is 4.25. The van der Waals surface area contributed by atoms with E-state index in [0.717, 1.165) is 6.08 Å². The number of aromatic nitrogens is 2. The molecule has 9 heteroatoms. The molecule has 8 nitrogen and oxygen atoms in total. The Morgan fingerprint density at radius 3 is 2.86 bits per heavy atom. The number of esters is 1. The van der Waals surface area contributed by atoms with Gasteiger partial charge in [0, 0.05) is 29.5 Å². The van der Waals surface area contributed by atoms with Gasteiger partial charge in [0.1, 0.15) is 5.65 Å². The fraction of sp³-hybridized carbons (Fsp3) is 0.105. The summed E-state index contributed by atoms with van der Waals surface area (Å²) < 4.78 is 6.62. The van der Waals surface area contributed by atoms with E-state index in [-0.39, 0.29) is 16.4 Å². The molecule has 0 aliphatic heterocycles. The number of hydrogen-bond acceptors (Lipinski definition) is 6. The Morgan fingerprint density at radius 2 is 2.11 bits per heavy atom. The number of nitrogens with zero attached hydrogens (tertiary/aromatic N) is 3. The highest BCUT2D eigenvalue weighted by Crippen LogP contribution is 2.20. The van der Waals surface area contributed by atoms with Crippen LogP contribution in [0.2, 0.25) is 5.15 Å². The molecule has 28 heavy (non-hydrogen) atoms. The minimum atomic E-state index is -0.753. The van der Waals surface area contributed by atoms with Crippen molar-refractivity contribution < 1.29 is 19.2 Å². The summed E-state index contributed by atoms with van der Waals surface area (Å²) in [4.78, 5) is 38.6. The average Bonchev–Trinajstić information content (AvgIpc) is 2.99. The van der Waals surface area contributed by atoms with Crippen molar-refractivity contribution >= 4 is 40.8 Å². The zero-order chi connectivity index (χ0) is 20.3. The van der Waals surface area contributed by atoms with Gasteiger partial charge in [0.2, 0.25) is 5.78 Å². The van der Waals surface area contributed by atoms with Gasteiger partial charge in [-0.05, 0) is 25.1 Å². The van der Waals surface area contributed by atoms with E-state index >= 15 is 0 Å². The highest BCUT2D eigenvalue weighted by atomic mass is 35.5. The third kappa shape index (κ3) is 4.07. The van der Waals surface area contributed by atoms with Crippen molar-refractivity contribution in [2.75, 3.05) is 6.61 Å². The monoisotopic (exact) mass is 399 g/mol. The van der Waals surface area contributed by atoms with Gasteiger partial charge in [-0.15, -0.1) is 0 Å². The molecule has 0 aliphatic rings. The third-order valence-electron chi connectivity index (χ3n) is 3.97. The molecule has 0 bridgehead atoms. The standard InChI is InChI=1S/C19H14ClN3O5/c1-12-5-6-13(10-15(12)23(26)27)16(24)11-28-18(25)8-7-14-19(20)21-17-4-2-3-9-22(14)17/h2-10H,11H2,1H3/b8-7+. The number of fused-ring (bicyclic) bond motifs is 1. The molecule has 0 atom stereocenters. The van der Waals surface area contributed by atoms with Gasteiger partial charge in [-0.3, -0.25) is 19.3 Å². The molecule has 0 spiro atoms. The van der Waals surface area contributed by atoms with Crippen LogP contribution in [0.15, 0.2) is 48.7 Å². The van der Waals surface area contributed by atoms with Crippen LogP contribution in [0, 0.1) is 17.0 Å². The molecule has 0 saturated heterocycles. The molecule has 2 aromatic heterocycles. The molecular formula is C19H14ClN3O5. The summed E-state index contributed by atoms with van der Waals surface area (Å²) in [7, 11) is 0. The Kier molecular flexibility index (Phi) is 5.51. The molecule has 0 amide bonds. The number of carbonyl (C=O) groups is 2. The molecule has 0 fully saturated rings. The summed E-state index contributed by atoms with van der Waals surface area (Å²) in [5.41, 5.74) is 1.48. The second-order valence-corrected chi connectivity index (χ2v) is 6.20. The second-order valence-electron chi connectivity index (χ2n) is 5.84. The lowest BCUT2D eigenvalue weighted by molar-refractivity contribution is -0.385. The Hall–Kier alpha value is -3.52. The minimum Gasteiger partial charge on any atom is -0.454 e. The number of nitro benzene ring substituents is 1. The number of aryl methyl sites for hydroxylation is 1. The summed E-state index contributed by atoms with van der Waals surface area (Å²) in [6.07, 6.45) is 4.31. The molecule has 0 radical (unpaired) electrons. The number of ketones is 1. The van der Waals surface area contributed by atoms with Crippen LogP contribution in [-0.4, -0.2) is 32.7 Å². The number of ether oxygens (including phenoxy) is 1. The van der Waals surface area contributed by atoms with Gasteiger partial charge in [0.25, 0.3) is 5.69 Å². The Labute approximate surface area is 164 Å². The van der Waals surface area contributed by atoms with Crippen LogP contribution in [-0.2, 0) is 9.53 Å². The first-order valence-corrected chi connectivity index (χ1v) is 8.50. The quantitative estimate of drug-likeness (QED) is 0.206. The summed E-state index contributed by atoms with van der Waals surface area (Å²) in [6.45, 7) is 1.03. The van der Waals surface area contributed by atoms with Gasteiger partial charge in [0.05, 0.1) is 10.6 Å². The lowest BCUT2D eigenvalue weighted by atomic mass is 10.1. The first-order valence-electron chi connectivity index (χ1n) is 8.12. The Morgan fingerprint density at radius 1 is 1.32 bits per heavy atom. The summed E-state index contributed by atoms with van der Waals surface area (Å²) >= 11 is 6.07. The van der Waals surface area contributed by atoms with Crippen LogP contribution in [0.4, 0.5) is 5.69 Å². The molecule has 0 unspecified atom stereocenters. The van der Waals surface area contributed by atoms with Crippen LogP contribution in [0.5, 0.6) is 0 Å². The van der Waals surface area contributed by atoms with Crippen molar-refractivity contribution in [1.82, 2.24) is 9.38 Å². The predicted molar refractivity (Wildman–Crippen MR) is 102 cm³/mol. The second kappa shape index (κ2) is 8.01. The normalized spacial score (nSPS) is 11.1. The van der Waals surface area contributed by atoms with Gasteiger partial charge >= 0.3 is 5.97 Å². The lowest BCUT2D eigenvalue weighted by Crippen LogP contribution is -2.13. The maximum atomic E-state index is 12.1. The molecule has 0 aliphatic carbocycles. The number of carbonyl (C=O) groups excluding carboxylic acids is 2. The van der Waals surface area contributed by atoms with Crippen LogP contribution in [0.25, 0.3) is 11.7 Å². The summed E-state index contributed by atoms with van der Waals surface area (Å²) in [5, 5.41) is 11.2. The highest BCUT2D eigenvalue weighted by molar-refractivity contribution is 6.31. The van der Waals surface area contributed by atoms with Gasteiger partial charge < -0.3 is 4.74 Å². The van der Waals surface area contributed by atoms with E-state index in [0.29, 0.717) is 16.9 Å². The number of rotatable bonds is 6. The smallest absolute Gasteiger partial charge is 0.331 e. The Bertz CT molecular complexity index is 1120. The zero-order valence-corrected chi connectivity index (χ0v) is 15.4. The molecule has 142 valence electrons.